The second-order valence-corrected chi connectivity index (χ2v) is 5.48. The summed E-state index contributed by atoms with van der Waals surface area (Å²) in [4.78, 5) is 2.52. The van der Waals surface area contributed by atoms with Gasteiger partial charge >= 0.3 is 0 Å². The molecule has 0 amide bonds. The van der Waals surface area contributed by atoms with E-state index >= 15 is 0 Å². The van der Waals surface area contributed by atoms with E-state index in [2.05, 4.69) is 36.1 Å². The summed E-state index contributed by atoms with van der Waals surface area (Å²) in [5, 5.41) is 0. The minimum atomic E-state index is 0.558. The van der Waals surface area contributed by atoms with Gasteiger partial charge in [0.15, 0.2) is 0 Å². The van der Waals surface area contributed by atoms with Gasteiger partial charge in [-0.1, -0.05) is 29.8 Å². The highest BCUT2D eigenvalue weighted by molar-refractivity contribution is 7.99. The Morgan fingerprint density at radius 1 is 1.38 bits per heavy atom. The molecule has 0 radical (unpaired) electrons. The van der Waals surface area contributed by atoms with Crippen molar-refractivity contribution in [3.63, 3.8) is 0 Å². The number of thioether (sulfide) groups is 1. The van der Waals surface area contributed by atoms with Crippen LogP contribution in [0.15, 0.2) is 24.3 Å². The lowest BCUT2D eigenvalue weighted by Gasteiger charge is -2.35. The minimum absolute atomic E-state index is 0.558. The van der Waals surface area contributed by atoms with E-state index in [1.54, 1.807) is 0 Å². The van der Waals surface area contributed by atoms with Gasteiger partial charge in [-0.25, -0.2) is 0 Å². The summed E-state index contributed by atoms with van der Waals surface area (Å²) in [6.07, 6.45) is 0. The third-order valence-electron chi connectivity index (χ3n) is 3.12. The molecule has 88 valence electrons. The molecule has 1 saturated heterocycles. The van der Waals surface area contributed by atoms with Crippen LogP contribution in [0.3, 0.4) is 0 Å². The smallest absolute Gasteiger partial charge is 0.0439 e. The van der Waals surface area contributed by atoms with Gasteiger partial charge in [-0.2, -0.15) is 11.8 Å². The fourth-order valence-corrected chi connectivity index (χ4v) is 3.32. The maximum Gasteiger partial charge on any atom is 0.0439 e. The van der Waals surface area contributed by atoms with Gasteiger partial charge < -0.3 is 5.73 Å². The number of hydrogen-bond acceptors (Lipinski definition) is 3. The fraction of sp³-hybridized carbons (Fsp3) is 0.538. The Kier molecular flexibility index (Phi) is 4.27. The van der Waals surface area contributed by atoms with Crippen molar-refractivity contribution in [3.8, 4) is 0 Å². The highest BCUT2D eigenvalue weighted by atomic mass is 32.2. The van der Waals surface area contributed by atoms with Crippen molar-refractivity contribution in [2.24, 2.45) is 5.73 Å². The van der Waals surface area contributed by atoms with Crippen LogP contribution < -0.4 is 5.73 Å². The first-order valence-electron chi connectivity index (χ1n) is 5.89. The zero-order valence-corrected chi connectivity index (χ0v) is 10.7. The first-order valence-corrected chi connectivity index (χ1v) is 7.05. The lowest BCUT2D eigenvalue weighted by Crippen LogP contribution is -2.39. The van der Waals surface area contributed by atoms with Gasteiger partial charge in [0.05, 0.1) is 0 Å². The Bertz CT molecular complexity index is 321. The highest BCUT2D eigenvalue weighted by Gasteiger charge is 2.23. The summed E-state index contributed by atoms with van der Waals surface area (Å²) in [6.45, 7) is 5.07. The summed E-state index contributed by atoms with van der Waals surface area (Å²) < 4.78 is 0. The van der Waals surface area contributed by atoms with Crippen LogP contribution in [0, 0.1) is 6.92 Å². The molecule has 1 fully saturated rings. The highest BCUT2D eigenvalue weighted by Crippen LogP contribution is 2.29. The van der Waals surface area contributed by atoms with Gasteiger partial charge in [0.25, 0.3) is 0 Å². The Morgan fingerprint density at radius 2 is 2.12 bits per heavy atom. The summed E-state index contributed by atoms with van der Waals surface area (Å²) in [5.41, 5.74) is 8.44. The van der Waals surface area contributed by atoms with Crippen molar-refractivity contribution in [2.45, 2.75) is 13.0 Å². The molecule has 1 atom stereocenters. The molecular weight excluding hydrogens is 216 g/mol. The predicted molar refractivity (Wildman–Crippen MR) is 71.9 cm³/mol. The van der Waals surface area contributed by atoms with E-state index in [0.717, 1.165) is 13.1 Å². The van der Waals surface area contributed by atoms with E-state index in [-0.39, 0.29) is 0 Å². The molecular formula is C13H20N2S. The molecule has 0 aliphatic carbocycles. The number of hydrogen-bond donors (Lipinski definition) is 1. The number of aryl methyl sites for hydroxylation is 1. The van der Waals surface area contributed by atoms with Gasteiger partial charge in [-0.15, -0.1) is 0 Å². The van der Waals surface area contributed by atoms with Gasteiger partial charge in [-0.3, -0.25) is 4.90 Å². The second-order valence-electron chi connectivity index (χ2n) is 4.33. The van der Waals surface area contributed by atoms with Crippen molar-refractivity contribution in [2.75, 3.05) is 31.1 Å². The third-order valence-corrected chi connectivity index (χ3v) is 4.14. The van der Waals surface area contributed by atoms with E-state index in [1.165, 1.54) is 29.2 Å². The molecule has 1 aromatic rings. The summed E-state index contributed by atoms with van der Waals surface area (Å²) in [7, 11) is 0. The Balaban J connectivity index is 2.13. The molecule has 1 unspecified atom stereocenters. The second kappa shape index (κ2) is 5.71. The average Bonchev–Trinajstić information content (AvgIpc) is 2.32. The molecule has 2 N–H and O–H groups in total. The molecule has 16 heavy (non-hydrogen) atoms. The molecule has 3 heteroatoms. The van der Waals surface area contributed by atoms with Crippen LogP contribution in [-0.4, -0.2) is 36.0 Å². The van der Waals surface area contributed by atoms with Gasteiger partial charge in [0.1, 0.15) is 0 Å². The van der Waals surface area contributed by atoms with E-state index in [1.807, 2.05) is 11.8 Å². The zero-order chi connectivity index (χ0) is 11.4. The molecule has 0 aromatic heterocycles. The SMILES string of the molecule is Cc1ccc(C2CSCCN2CCN)cc1. The molecule has 1 aromatic carbocycles. The fourth-order valence-electron chi connectivity index (χ4n) is 2.17. The normalized spacial score (nSPS) is 22.2. The quantitative estimate of drug-likeness (QED) is 0.871. The maximum absolute atomic E-state index is 5.68. The van der Waals surface area contributed by atoms with Crippen molar-refractivity contribution in [1.82, 2.24) is 4.90 Å². The van der Waals surface area contributed by atoms with Gasteiger partial charge in [-0.05, 0) is 12.5 Å². The van der Waals surface area contributed by atoms with Crippen LogP contribution in [0.1, 0.15) is 17.2 Å². The summed E-state index contributed by atoms with van der Waals surface area (Å²) in [5.74, 6) is 2.44. The number of benzene rings is 1. The lowest BCUT2D eigenvalue weighted by atomic mass is 10.0. The molecule has 1 aliphatic rings. The monoisotopic (exact) mass is 236 g/mol. The molecule has 1 aliphatic heterocycles. The zero-order valence-electron chi connectivity index (χ0n) is 9.86. The largest absolute Gasteiger partial charge is 0.329 e. The standard InChI is InChI=1S/C13H20N2S/c1-11-2-4-12(5-3-11)13-10-16-9-8-15(13)7-6-14/h2-5,13H,6-10,14H2,1H3. The van der Waals surface area contributed by atoms with Gasteiger partial charge in [0.2, 0.25) is 0 Å². The molecule has 0 bridgehead atoms. The van der Waals surface area contributed by atoms with Crippen LogP contribution in [0.2, 0.25) is 0 Å². The van der Waals surface area contributed by atoms with Crippen LogP contribution in [0.5, 0.6) is 0 Å². The Hall–Kier alpha value is -0.510. The van der Waals surface area contributed by atoms with Gasteiger partial charge in [0, 0.05) is 37.2 Å². The first kappa shape index (κ1) is 12.0. The van der Waals surface area contributed by atoms with Crippen LogP contribution >= 0.6 is 11.8 Å². The third kappa shape index (κ3) is 2.78. The van der Waals surface area contributed by atoms with Crippen LogP contribution in [0.4, 0.5) is 0 Å². The van der Waals surface area contributed by atoms with Crippen molar-refractivity contribution >= 4 is 11.8 Å². The molecule has 1 heterocycles. The molecule has 2 rings (SSSR count). The Morgan fingerprint density at radius 3 is 2.81 bits per heavy atom. The van der Waals surface area contributed by atoms with Crippen LogP contribution in [-0.2, 0) is 0 Å². The van der Waals surface area contributed by atoms with E-state index in [0.29, 0.717) is 6.04 Å². The van der Waals surface area contributed by atoms with Crippen molar-refractivity contribution in [3.05, 3.63) is 35.4 Å². The molecule has 0 saturated carbocycles. The van der Waals surface area contributed by atoms with Crippen molar-refractivity contribution < 1.29 is 0 Å². The van der Waals surface area contributed by atoms with Crippen molar-refractivity contribution in [1.29, 1.82) is 0 Å². The van der Waals surface area contributed by atoms with Crippen LogP contribution in [0.25, 0.3) is 0 Å². The average molecular weight is 236 g/mol. The molecule has 0 spiro atoms. The number of nitrogens with two attached hydrogens (primary N) is 1. The lowest BCUT2D eigenvalue weighted by molar-refractivity contribution is 0.227. The van der Waals surface area contributed by atoms with E-state index in [4.69, 9.17) is 5.73 Å². The molecule has 2 nitrogen and oxygen atoms in total. The minimum Gasteiger partial charge on any atom is -0.329 e. The maximum atomic E-state index is 5.68. The predicted octanol–water partition coefficient (Wildman–Crippen LogP) is 2.04. The Labute approximate surface area is 102 Å². The van der Waals surface area contributed by atoms with E-state index < -0.39 is 0 Å². The summed E-state index contributed by atoms with van der Waals surface area (Å²) in [6, 6.07) is 9.48. The first-order chi connectivity index (χ1) is 7.81. The summed E-state index contributed by atoms with van der Waals surface area (Å²) >= 11 is 2.05. The number of rotatable bonds is 3. The number of nitrogens with zero attached hydrogens (tertiary/aromatic N) is 1. The van der Waals surface area contributed by atoms with E-state index in [9.17, 15) is 0 Å². The topological polar surface area (TPSA) is 29.3 Å².